The molecule has 1 N–H and O–H groups in total. The van der Waals surface area contributed by atoms with Crippen LogP contribution in [0.2, 0.25) is 0 Å². The average Bonchev–Trinajstić information content (AvgIpc) is 2.91. The number of benzene rings is 1. The van der Waals surface area contributed by atoms with Gasteiger partial charge in [-0.05, 0) is 25.1 Å². The topological polar surface area (TPSA) is 39.1 Å². The summed E-state index contributed by atoms with van der Waals surface area (Å²) < 4.78 is 9.12. The summed E-state index contributed by atoms with van der Waals surface area (Å²) in [5.74, 6) is 1.85. The number of aryl methyl sites for hydroxylation is 1. The molecule has 2 rings (SSSR count). The molecule has 1 aromatic heterocycles. The van der Waals surface area contributed by atoms with E-state index in [0.29, 0.717) is 12.6 Å². The number of rotatable bonds is 7. The molecule has 2 aromatic rings. The lowest BCUT2D eigenvalue weighted by atomic mass is 10.2. The van der Waals surface area contributed by atoms with E-state index in [1.165, 1.54) is 0 Å². The van der Waals surface area contributed by atoms with E-state index in [1.54, 1.807) is 0 Å². The molecule has 0 radical (unpaired) electrons. The van der Waals surface area contributed by atoms with Crippen molar-refractivity contribution in [1.29, 1.82) is 0 Å². The van der Waals surface area contributed by atoms with E-state index in [-0.39, 0.29) is 0 Å². The van der Waals surface area contributed by atoms with E-state index in [2.05, 4.69) is 57.6 Å². The van der Waals surface area contributed by atoms with Gasteiger partial charge in [0.1, 0.15) is 18.2 Å². The maximum absolute atomic E-state index is 5.97. The molecule has 0 aliphatic heterocycles. The highest BCUT2D eigenvalue weighted by atomic mass is 79.9. The monoisotopic (exact) mass is 351 g/mol. The van der Waals surface area contributed by atoms with Gasteiger partial charge in [-0.15, -0.1) is 0 Å². The van der Waals surface area contributed by atoms with Gasteiger partial charge in [-0.25, -0.2) is 4.98 Å². The van der Waals surface area contributed by atoms with Crippen molar-refractivity contribution in [3.8, 4) is 5.75 Å². The Kier molecular flexibility index (Phi) is 5.82. The molecule has 0 aliphatic rings. The van der Waals surface area contributed by atoms with Crippen molar-refractivity contribution in [3.63, 3.8) is 0 Å². The van der Waals surface area contributed by atoms with E-state index in [0.717, 1.165) is 34.7 Å². The number of nitrogens with zero attached hydrogens (tertiary/aromatic N) is 2. The molecule has 1 aromatic carbocycles. The Morgan fingerprint density at radius 1 is 1.38 bits per heavy atom. The van der Waals surface area contributed by atoms with Gasteiger partial charge in [0.25, 0.3) is 0 Å². The molecule has 21 heavy (non-hydrogen) atoms. The van der Waals surface area contributed by atoms with Crippen LogP contribution in [0.1, 0.15) is 32.2 Å². The lowest BCUT2D eigenvalue weighted by Gasteiger charge is -2.14. The Bertz CT molecular complexity index is 581. The zero-order chi connectivity index (χ0) is 15.2. The summed E-state index contributed by atoms with van der Waals surface area (Å²) in [5.41, 5.74) is 1.15. The summed E-state index contributed by atoms with van der Waals surface area (Å²) in [7, 11) is 0. The van der Waals surface area contributed by atoms with Crippen molar-refractivity contribution >= 4 is 15.9 Å². The van der Waals surface area contributed by atoms with Crippen molar-refractivity contribution in [2.24, 2.45) is 0 Å². The summed E-state index contributed by atoms with van der Waals surface area (Å²) >= 11 is 3.52. The molecule has 0 saturated heterocycles. The predicted octanol–water partition coefficient (Wildman–Crippen LogP) is 3.74. The highest BCUT2D eigenvalue weighted by Gasteiger charge is 2.08. The third-order valence-corrected chi connectivity index (χ3v) is 3.72. The van der Waals surface area contributed by atoms with Crippen LogP contribution >= 0.6 is 15.9 Å². The standard InChI is InChI=1S/C16H22BrN3O/c1-4-20-8-7-18-16(20)11-21-15-6-5-14(17)9-13(15)10-19-12(2)3/h5-9,12,19H,4,10-11H2,1-3H3. The molecule has 0 spiro atoms. The number of imidazole rings is 1. The first-order valence-electron chi connectivity index (χ1n) is 7.24. The van der Waals surface area contributed by atoms with Gasteiger partial charge >= 0.3 is 0 Å². The van der Waals surface area contributed by atoms with Gasteiger partial charge in [0.05, 0.1) is 0 Å². The zero-order valence-electron chi connectivity index (χ0n) is 12.8. The normalized spacial score (nSPS) is 11.1. The SMILES string of the molecule is CCn1ccnc1COc1ccc(Br)cc1CNC(C)C. The minimum atomic E-state index is 0.441. The van der Waals surface area contributed by atoms with E-state index in [4.69, 9.17) is 4.74 Å². The largest absolute Gasteiger partial charge is 0.485 e. The van der Waals surface area contributed by atoms with Crippen molar-refractivity contribution < 1.29 is 4.74 Å². The van der Waals surface area contributed by atoms with Crippen LogP contribution in [0.5, 0.6) is 5.75 Å². The van der Waals surface area contributed by atoms with Crippen LogP contribution < -0.4 is 10.1 Å². The second kappa shape index (κ2) is 7.61. The third-order valence-electron chi connectivity index (χ3n) is 3.22. The Balaban J connectivity index is 2.08. The molecule has 0 aliphatic carbocycles. The summed E-state index contributed by atoms with van der Waals surface area (Å²) in [6, 6.07) is 6.54. The van der Waals surface area contributed by atoms with Crippen LogP contribution in [0.4, 0.5) is 0 Å². The Morgan fingerprint density at radius 3 is 2.90 bits per heavy atom. The lowest BCUT2D eigenvalue weighted by molar-refractivity contribution is 0.286. The van der Waals surface area contributed by atoms with Crippen LogP contribution in [-0.4, -0.2) is 15.6 Å². The van der Waals surface area contributed by atoms with Gasteiger partial charge in [-0.3, -0.25) is 0 Å². The minimum absolute atomic E-state index is 0.441. The number of nitrogens with one attached hydrogen (secondary N) is 1. The van der Waals surface area contributed by atoms with Crippen LogP contribution in [0.25, 0.3) is 0 Å². The van der Waals surface area contributed by atoms with Crippen molar-refractivity contribution in [2.45, 2.75) is 46.5 Å². The number of halogens is 1. The first-order chi connectivity index (χ1) is 10.1. The van der Waals surface area contributed by atoms with Crippen molar-refractivity contribution in [3.05, 3.63) is 46.5 Å². The Labute approximate surface area is 134 Å². The lowest BCUT2D eigenvalue weighted by Crippen LogP contribution is -2.22. The van der Waals surface area contributed by atoms with Gasteiger partial charge < -0.3 is 14.6 Å². The van der Waals surface area contributed by atoms with Gasteiger partial charge in [0, 0.05) is 41.6 Å². The van der Waals surface area contributed by atoms with Gasteiger partial charge in [0.15, 0.2) is 0 Å². The van der Waals surface area contributed by atoms with Crippen LogP contribution in [-0.2, 0) is 19.7 Å². The van der Waals surface area contributed by atoms with Gasteiger partial charge in [0.2, 0.25) is 0 Å². The highest BCUT2D eigenvalue weighted by molar-refractivity contribution is 9.10. The van der Waals surface area contributed by atoms with E-state index in [1.807, 2.05) is 24.5 Å². The van der Waals surface area contributed by atoms with Gasteiger partial charge in [-0.1, -0.05) is 29.8 Å². The van der Waals surface area contributed by atoms with E-state index >= 15 is 0 Å². The number of hydrogen-bond acceptors (Lipinski definition) is 3. The molecule has 114 valence electrons. The molecule has 5 heteroatoms. The third kappa shape index (κ3) is 4.58. The van der Waals surface area contributed by atoms with E-state index in [9.17, 15) is 0 Å². The predicted molar refractivity (Wildman–Crippen MR) is 88.4 cm³/mol. The molecule has 0 fully saturated rings. The summed E-state index contributed by atoms with van der Waals surface area (Å²) in [4.78, 5) is 4.34. The summed E-state index contributed by atoms with van der Waals surface area (Å²) in [5, 5.41) is 3.42. The fourth-order valence-electron chi connectivity index (χ4n) is 2.05. The molecular weight excluding hydrogens is 330 g/mol. The summed E-state index contributed by atoms with van der Waals surface area (Å²) in [6.07, 6.45) is 3.78. The smallest absolute Gasteiger partial charge is 0.146 e. The fraction of sp³-hybridized carbons (Fsp3) is 0.438. The molecule has 0 bridgehead atoms. The maximum atomic E-state index is 5.97. The maximum Gasteiger partial charge on any atom is 0.146 e. The van der Waals surface area contributed by atoms with Crippen LogP contribution in [0.15, 0.2) is 35.1 Å². The zero-order valence-corrected chi connectivity index (χ0v) is 14.4. The molecule has 4 nitrogen and oxygen atoms in total. The van der Waals surface area contributed by atoms with Crippen molar-refractivity contribution in [1.82, 2.24) is 14.9 Å². The number of ether oxygens (including phenoxy) is 1. The molecule has 0 unspecified atom stereocenters. The van der Waals surface area contributed by atoms with Gasteiger partial charge in [-0.2, -0.15) is 0 Å². The molecule has 0 atom stereocenters. The van der Waals surface area contributed by atoms with Crippen LogP contribution in [0.3, 0.4) is 0 Å². The van der Waals surface area contributed by atoms with Crippen molar-refractivity contribution in [2.75, 3.05) is 0 Å². The molecule has 0 amide bonds. The second-order valence-corrected chi connectivity index (χ2v) is 6.12. The molecule has 1 heterocycles. The fourth-order valence-corrected chi connectivity index (χ4v) is 2.46. The minimum Gasteiger partial charge on any atom is -0.485 e. The second-order valence-electron chi connectivity index (χ2n) is 5.21. The Morgan fingerprint density at radius 2 is 2.19 bits per heavy atom. The molecular formula is C16H22BrN3O. The average molecular weight is 352 g/mol. The summed E-state index contributed by atoms with van der Waals surface area (Å²) in [6.45, 7) is 8.54. The highest BCUT2D eigenvalue weighted by Crippen LogP contribution is 2.24. The van der Waals surface area contributed by atoms with Crippen LogP contribution in [0, 0.1) is 0 Å². The number of hydrogen-bond donors (Lipinski definition) is 1. The number of aromatic nitrogens is 2. The first kappa shape index (κ1) is 16.0. The quantitative estimate of drug-likeness (QED) is 0.825. The molecule has 0 saturated carbocycles. The Hall–Kier alpha value is -1.33. The first-order valence-corrected chi connectivity index (χ1v) is 8.04. The van der Waals surface area contributed by atoms with E-state index < -0.39 is 0 Å².